The lowest BCUT2D eigenvalue weighted by atomic mass is 9.79. The summed E-state index contributed by atoms with van der Waals surface area (Å²) in [5.41, 5.74) is 4.65. The molecule has 0 aromatic heterocycles. The average Bonchev–Trinajstić information content (AvgIpc) is 3.42. The van der Waals surface area contributed by atoms with Crippen LogP contribution in [-0.2, 0) is 14.3 Å². The van der Waals surface area contributed by atoms with Gasteiger partial charge in [-0.2, -0.15) is 0 Å². The maximum absolute atomic E-state index is 13.3. The Balaban J connectivity index is 1.21. The Morgan fingerprint density at radius 3 is 2.26 bits per heavy atom. The van der Waals surface area contributed by atoms with Crippen molar-refractivity contribution in [3.63, 3.8) is 0 Å². The highest BCUT2D eigenvalue weighted by molar-refractivity contribution is 5.86. The van der Waals surface area contributed by atoms with E-state index in [0.717, 1.165) is 36.8 Å². The summed E-state index contributed by atoms with van der Waals surface area (Å²) < 4.78 is 5.70. The fraction of sp³-hybridized carbons (Fsp3) is 0.464. The van der Waals surface area contributed by atoms with Gasteiger partial charge in [-0.1, -0.05) is 55.0 Å². The number of nitrogens with zero attached hydrogens (tertiary/aromatic N) is 1. The summed E-state index contributed by atoms with van der Waals surface area (Å²) >= 11 is 0. The summed E-state index contributed by atoms with van der Waals surface area (Å²) in [6, 6.07) is 15.8. The molecule has 0 radical (unpaired) electrons. The van der Waals surface area contributed by atoms with Gasteiger partial charge in [0.05, 0.1) is 0 Å². The standard InChI is InChI=1S/C28H32N2O5/c31-25(32)13-12-18-14-15-30(16-18)27(33)26(19-6-5-7-19)29-28(34)35-17-24-22-10-3-1-8-20(22)21-9-2-4-11-23(21)24/h1-4,8-11,18-19,24,26H,5-7,12-17H2,(H,29,34)(H,31,32). The van der Waals surface area contributed by atoms with Crippen LogP contribution < -0.4 is 5.32 Å². The van der Waals surface area contributed by atoms with Crippen molar-refractivity contribution in [2.45, 2.75) is 50.5 Å². The van der Waals surface area contributed by atoms with E-state index in [1.165, 1.54) is 11.1 Å². The Morgan fingerprint density at radius 2 is 1.66 bits per heavy atom. The van der Waals surface area contributed by atoms with E-state index >= 15 is 0 Å². The van der Waals surface area contributed by atoms with Crippen molar-refractivity contribution in [3.8, 4) is 11.1 Å². The van der Waals surface area contributed by atoms with E-state index < -0.39 is 18.1 Å². The molecule has 2 N–H and O–H groups in total. The van der Waals surface area contributed by atoms with Crippen LogP contribution >= 0.6 is 0 Å². The van der Waals surface area contributed by atoms with Crippen molar-refractivity contribution in [2.75, 3.05) is 19.7 Å². The van der Waals surface area contributed by atoms with E-state index in [9.17, 15) is 14.4 Å². The van der Waals surface area contributed by atoms with Gasteiger partial charge in [0.2, 0.25) is 5.91 Å². The van der Waals surface area contributed by atoms with Crippen molar-refractivity contribution in [1.82, 2.24) is 10.2 Å². The van der Waals surface area contributed by atoms with Crippen LogP contribution in [0, 0.1) is 11.8 Å². The second-order valence-electron chi connectivity index (χ2n) is 10.0. The number of hydrogen-bond donors (Lipinski definition) is 2. The zero-order valence-corrected chi connectivity index (χ0v) is 19.8. The van der Waals surface area contributed by atoms with Gasteiger partial charge in [0.15, 0.2) is 0 Å². The summed E-state index contributed by atoms with van der Waals surface area (Å²) in [6.45, 7) is 1.38. The van der Waals surface area contributed by atoms with Crippen LogP contribution in [0.1, 0.15) is 55.6 Å². The summed E-state index contributed by atoms with van der Waals surface area (Å²) in [4.78, 5) is 38.9. The molecule has 0 spiro atoms. The molecular formula is C28H32N2O5. The number of nitrogens with one attached hydrogen (secondary N) is 1. The molecule has 35 heavy (non-hydrogen) atoms. The molecule has 2 amide bonds. The molecule has 2 atom stereocenters. The number of rotatable bonds is 8. The lowest BCUT2D eigenvalue weighted by molar-refractivity contribution is -0.137. The molecule has 2 aliphatic carbocycles. The minimum Gasteiger partial charge on any atom is -0.481 e. The number of carbonyl (C=O) groups excluding carboxylic acids is 2. The van der Waals surface area contributed by atoms with Gasteiger partial charge >= 0.3 is 12.1 Å². The maximum atomic E-state index is 13.3. The van der Waals surface area contributed by atoms with E-state index in [1.807, 2.05) is 24.3 Å². The lowest BCUT2D eigenvalue weighted by Crippen LogP contribution is -2.53. The topological polar surface area (TPSA) is 95.9 Å². The summed E-state index contributed by atoms with van der Waals surface area (Å²) in [5, 5.41) is 11.8. The second-order valence-corrected chi connectivity index (χ2v) is 10.0. The number of carbonyl (C=O) groups is 3. The van der Waals surface area contributed by atoms with E-state index in [2.05, 4.69) is 29.6 Å². The van der Waals surface area contributed by atoms with Crippen molar-refractivity contribution < 1.29 is 24.2 Å². The maximum Gasteiger partial charge on any atom is 0.407 e. The number of amides is 2. The Kier molecular flexibility index (Phi) is 6.75. The quantitative estimate of drug-likeness (QED) is 0.589. The van der Waals surface area contributed by atoms with Gasteiger partial charge in [-0.15, -0.1) is 0 Å². The van der Waals surface area contributed by atoms with Crippen LogP contribution in [0.25, 0.3) is 11.1 Å². The minimum atomic E-state index is -0.806. The smallest absolute Gasteiger partial charge is 0.407 e. The Labute approximate surface area is 205 Å². The van der Waals surface area contributed by atoms with E-state index in [1.54, 1.807) is 4.90 Å². The Morgan fingerprint density at radius 1 is 1.00 bits per heavy atom. The monoisotopic (exact) mass is 476 g/mol. The molecule has 3 aliphatic rings. The third-order valence-electron chi connectivity index (χ3n) is 7.87. The summed E-state index contributed by atoms with van der Waals surface area (Å²) in [6.07, 6.45) is 3.83. The predicted molar refractivity (Wildman–Crippen MR) is 131 cm³/mol. The van der Waals surface area contributed by atoms with Gasteiger partial charge in [0.1, 0.15) is 12.6 Å². The molecule has 0 bridgehead atoms. The van der Waals surface area contributed by atoms with Crippen molar-refractivity contribution >= 4 is 18.0 Å². The SMILES string of the molecule is O=C(O)CCC1CCN(C(=O)C(NC(=O)OCC2c3ccccc3-c3ccccc32)C2CCC2)C1. The van der Waals surface area contributed by atoms with Crippen molar-refractivity contribution in [1.29, 1.82) is 0 Å². The van der Waals surface area contributed by atoms with E-state index in [0.29, 0.717) is 19.5 Å². The van der Waals surface area contributed by atoms with Crippen LogP contribution in [0.15, 0.2) is 48.5 Å². The zero-order chi connectivity index (χ0) is 24.4. The fourth-order valence-electron chi connectivity index (χ4n) is 5.71. The van der Waals surface area contributed by atoms with Gasteiger partial charge < -0.3 is 20.1 Å². The third-order valence-corrected chi connectivity index (χ3v) is 7.87. The number of alkyl carbamates (subject to hydrolysis) is 1. The molecule has 1 heterocycles. The zero-order valence-electron chi connectivity index (χ0n) is 19.8. The number of fused-ring (bicyclic) bond motifs is 3. The number of likely N-dealkylation sites (tertiary alicyclic amines) is 1. The highest BCUT2D eigenvalue weighted by Crippen LogP contribution is 2.44. The number of benzene rings is 2. The summed E-state index contributed by atoms with van der Waals surface area (Å²) in [7, 11) is 0. The molecule has 2 aromatic carbocycles. The van der Waals surface area contributed by atoms with E-state index in [4.69, 9.17) is 9.84 Å². The van der Waals surface area contributed by atoms with Crippen molar-refractivity contribution in [3.05, 3.63) is 59.7 Å². The molecular weight excluding hydrogens is 444 g/mol. The first-order valence-corrected chi connectivity index (χ1v) is 12.6. The number of carboxylic acids is 1. The van der Waals surface area contributed by atoms with Crippen LogP contribution in [0.2, 0.25) is 0 Å². The first kappa shape index (κ1) is 23.4. The van der Waals surface area contributed by atoms with Crippen LogP contribution in [0.3, 0.4) is 0 Å². The second kappa shape index (κ2) is 10.1. The molecule has 184 valence electrons. The molecule has 5 rings (SSSR count). The molecule has 2 unspecified atom stereocenters. The largest absolute Gasteiger partial charge is 0.481 e. The molecule has 7 nitrogen and oxygen atoms in total. The highest BCUT2D eigenvalue weighted by Gasteiger charge is 2.39. The van der Waals surface area contributed by atoms with Crippen molar-refractivity contribution in [2.24, 2.45) is 11.8 Å². The van der Waals surface area contributed by atoms with Crippen LogP contribution in [0.5, 0.6) is 0 Å². The van der Waals surface area contributed by atoms with Gasteiger partial charge in [-0.3, -0.25) is 9.59 Å². The lowest BCUT2D eigenvalue weighted by Gasteiger charge is -2.35. The Bertz CT molecular complexity index is 1070. The first-order valence-electron chi connectivity index (χ1n) is 12.6. The van der Waals surface area contributed by atoms with Gasteiger partial charge in [0.25, 0.3) is 0 Å². The molecule has 1 aliphatic heterocycles. The predicted octanol–water partition coefficient (Wildman–Crippen LogP) is 4.41. The molecule has 7 heteroatoms. The van der Waals surface area contributed by atoms with Gasteiger partial charge in [0, 0.05) is 25.4 Å². The summed E-state index contributed by atoms with van der Waals surface area (Å²) in [5.74, 6) is -0.577. The number of carboxylic acid groups (broad SMARTS) is 1. The first-order chi connectivity index (χ1) is 17.0. The third kappa shape index (κ3) is 4.90. The highest BCUT2D eigenvalue weighted by atomic mass is 16.5. The molecule has 1 saturated heterocycles. The Hall–Kier alpha value is -3.35. The molecule has 2 fully saturated rings. The van der Waals surface area contributed by atoms with E-state index in [-0.39, 0.29) is 36.7 Å². The normalized spacial score (nSPS) is 20.0. The average molecular weight is 477 g/mol. The van der Waals surface area contributed by atoms with Crippen LogP contribution in [0.4, 0.5) is 4.79 Å². The molecule has 2 aromatic rings. The number of ether oxygens (including phenoxy) is 1. The van der Waals surface area contributed by atoms with Crippen LogP contribution in [-0.4, -0.2) is 53.7 Å². The minimum absolute atomic E-state index is 0.0282. The fourth-order valence-corrected chi connectivity index (χ4v) is 5.71. The van der Waals surface area contributed by atoms with Gasteiger partial charge in [-0.05, 0) is 59.8 Å². The van der Waals surface area contributed by atoms with Gasteiger partial charge in [-0.25, -0.2) is 4.79 Å². The molecule has 1 saturated carbocycles. The number of hydrogen-bond acceptors (Lipinski definition) is 4. The number of aliphatic carboxylic acids is 1.